The van der Waals surface area contributed by atoms with E-state index in [-0.39, 0.29) is 12.0 Å². The highest BCUT2D eigenvalue weighted by Crippen LogP contribution is 2.42. The van der Waals surface area contributed by atoms with Crippen LogP contribution in [0.15, 0.2) is 12.2 Å². The lowest BCUT2D eigenvalue weighted by Crippen LogP contribution is -2.37. The fraction of sp³-hybridized carbons (Fsp3) is 0.636. The van der Waals surface area contributed by atoms with Gasteiger partial charge in [0.25, 0.3) is 0 Å². The molecule has 3 unspecified atom stereocenters. The summed E-state index contributed by atoms with van der Waals surface area (Å²) in [5.41, 5.74) is -0.547. The van der Waals surface area contributed by atoms with Gasteiger partial charge in [-0.3, -0.25) is 0 Å². The Labute approximate surface area is 88.7 Å². The van der Waals surface area contributed by atoms with Crippen molar-refractivity contribution in [3.8, 4) is 12.1 Å². The van der Waals surface area contributed by atoms with Crippen LogP contribution in [0.25, 0.3) is 0 Å². The minimum Gasteiger partial charge on any atom is -0.377 e. The van der Waals surface area contributed by atoms with Gasteiger partial charge in [-0.05, 0) is 6.42 Å². The summed E-state index contributed by atoms with van der Waals surface area (Å²) in [5.74, 6) is -0.116. The maximum absolute atomic E-state index is 8.98. The van der Waals surface area contributed by atoms with Crippen LogP contribution in [-0.4, -0.2) is 24.9 Å². The molecule has 0 saturated carbocycles. The Hall–Kier alpha value is -1.36. The smallest absolute Gasteiger partial charge is 0.126 e. The van der Waals surface area contributed by atoms with Gasteiger partial charge in [0, 0.05) is 0 Å². The zero-order valence-corrected chi connectivity index (χ0v) is 8.35. The molecule has 2 heterocycles. The predicted molar refractivity (Wildman–Crippen MR) is 51.5 cm³/mol. The van der Waals surface area contributed by atoms with Gasteiger partial charge in [-0.2, -0.15) is 10.5 Å². The molecular weight excluding hydrogens is 192 g/mol. The van der Waals surface area contributed by atoms with Crippen molar-refractivity contribution in [2.75, 3.05) is 13.2 Å². The van der Waals surface area contributed by atoms with Crippen molar-refractivity contribution >= 4 is 0 Å². The molecule has 0 amide bonds. The first-order valence-corrected chi connectivity index (χ1v) is 5.02. The van der Waals surface area contributed by atoms with E-state index in [0.717, 1.165) is 6.42 Å². The van der Waals surface area contributed by atoms with Crippen LogP contribution in [0.5, 0.6) is 0 Å². The average Bonchev–Trinajstić information content (AvgIpc) is 2.81. The number of hydrogen-bond acceptors (Lipinski definition) is 4. The van der Waals surface area contributed by atoms with Crippen molar-refractivity contribution in [2.24, 2.45) is 5.92 Å². The molecule has 1 saturated heterocycles. The van der Waals surface area contributed by atoms with Gasteiger partial charge in [-0.15, -0.1) is 0 Å². The molecule has 1 fully saturated rings. The molecular formula is C11H12N2O2. The summed E-state index contributed by atoms with van der Waals surface area (Å²) >= 11 is 0. The van der Waals surface area contributed by atoms with E-state index in [9.17, 15) is 0 Å². The average molecular weight is 204 g/mol. The highest BCUT2D eigenvalue weighted by Gasteiger charge is 2.50. The van der Waals surface area contributed by atoms with Crippen molar-refractivity contribution < 1.29 is 9.47 Å². The molecule has 0 aromatic carbocycles. The van der Waals surface area contributed by atoms with Gasteiger partial charge in [0.2, 0.25) is 0 Å². The van der Waals surface area contributed by atoms with Crippen molar-refractivity contribution in [3.63, 3.8) is 0 Å². The third-order valence-electron chi connectivity index (χ3n) is 2.86. The van der Waals surface area contributed by atoms with Crippen molar-refractivity contribution in [1.82, 2.24) is 0 Å². The predicted octanol–water partition coefficient (Wildman–Crippen LogP) is 1.15. The van der Waals surface area contributed by atoms with Gasteiger partial charge in [-0.1, -0.05) is 12.2 Å². The summed E-state index contributed by atoms with van der Waals surface area (Å²) < 4.78 is 11.1. The Bertz CT molecular complexity index is 353. The van der Waals surface area contributed by atoms with Crippen molar-refractivity contribution in [3.05, 3.63) is 12.2 Å². The second-order valence-corrected chi connectivity index (χ2v) is 3.85. The fourth-order valence-corrected chi connectivity index (χ4v) is 2.08. The van der Waals surface area contributed by atoms with Crippen molar-refractivity contribution in [1.29, 1.82) is 10.5 Å². The Kier molecular flexibility index (Phi) is 2.73. The van der Waals surface area contributed by atoms with Gasteiger partial charge >= 0.3 is 0 Å². The monoisotopic (exact) mass is 204 g/mol. The SMILES string of the molecule is N#CCCOCC12C=CC(CC1C#N)O2. The summed E-state index contributed by atoms with van der Waals surface area (Å²) in [6, 6.07) is 4.27. The van der Waals surface area contributed by atoms with Crippen LogP contribution in [0.1, 0.15) is 12.8 Å². The van der Waals surface area contributed by atoms with Crippen LogP contribution in [0.3, 0.4) is 0 Å². The topological polar surface area (TPSA) is 66.0 Å². The van der Waals surface area contributed by atoms with Crippen LogP contribution >= 0.6 is 0 Å². The van der Waals surface area contributed by atoms with E-state index < -0.39 is 5.60 Å². The van der Waals surface area contributed by atoms with Crippen LogP contribution in [0, 0.1) is 28.6 Å². The van der Waals surface area contributed by atoms with Crippen molar-refractivity contribution in [2.45, 2.75) is 24.5 Å². The zero-order chi connectivity index (χ0) is 10.7. The molecule has 0 N–H and O–H groups in total. The van der Waals surface area contributed by atoms with Crippen LogP contribution in [-0.2, 0) is 9.47 Å². The molecule has 4 heteroatoms. The molecule has 2 rings (SSSR count). The van der Waals surface area contributed by atoms with Gasteiger partial charge < -0.3 is 9.47 Å². The number of fused-ring (bicyclic) bond motifs is 2. The first-order chi connectivity index (χ1) is 7.30. The Morgan fingerprint density at radius 3 is 3.07 bits per heavy atom. The largest absolute Gasteiger partial charge is 0.377 e. The summed E-state index contributed by atoms with van der Waals surface area (Å²) in [5, 5.41) is 17.3. The molecule has 0 spiro atoms. The van der Waals surface area contributed by atoms with Gasteiger partial charge in [0.1, 0.15) is 5.60 Å². The molecule has 4 nitrogen and oxygen atoms in total. The molecule has 0 aromatic rings. The van der Waals surface area contributed by atoms with E-state index in [1.807, 2.05) is 18.2 Å². The third kappa shape index (κ3) is 1.74. The van der Waals surface area contributed by atoms with Gasteiger partial charge in [-0.25, -0.2) is 0 Å². The van der Waals surface area contributed by atoms with E-state index in [4.69, 9.17) is 20.0 Å². The quantitative estimate of drug-likeness (QED) is 0.509. The molecule has 0 radical (unpaired) electrons. The lowest BCUT2D eigenvalue weighted by atomic mass is 9.84. The lowest BCUT2D eigenvalue weighted by molar-refractivity contribution is -0.0456. The second-order valence-electron chi connectivity index (χ2n) is 3.85. The molecule has 3 atom stereocenters. The maximum atomic E-state index is 8.98. The van der Waals surface area contributed by atoms with E-state index in [0.29, 0.717) is 19.6 Å². The minimum absolute atomic E-state index is 0.0780. The van der Waals surface area contributed by atoms with Crippen LogP contribution in [0.4, 0.5) is 0 Å². The van der Waals surface area contributed by atoms with E-state index >= 15 is 0 Å². The number of nitriles is 2. The van der Waals surface area contributed by atoms with Crippen LogP contribution in [0.2, 0.25) is 0 Å². The molecule has 2 aliphatic heterocycles. The first-order valence-electron chi connectivity index (χ1n) is 5.02. The van der Waals surface area contributed by atoms with Crippen LogP contribution < -0.4 is 0 Å². The van der Waals surface area contributed by atoms with Gasteiger partial charge in [0.15, 0.2) is 0 Å². The highest BCUT2D eigenvalue weighted by atomic mass is 16.6. The number of ether oxygens (including phenoxy) is 2. The third-order valence-corrected chi connectivity index (χ3v) is 2.86. The molecule has 2 bridgehead atoms. The van der Waals surface area contributed by atoms with E-state index in [2.05, 4.69) is 6.07 Å². The number of rotatable bonds is 4. The van der Waals surface area contributed by atoms with E-state index in [1.54, 1.807) is 0 Å². The molecule has 0 aliphatic carbocycles. The highest BCUT2D eigenvalue weighted by molar-refractivity contribution is 5.24. The molecule has 15 heavy (non-hydrogen) atoms. The first kappa shape index (κ1) is 10.2. The number of hydrogen-bond donors (Lipinski definition) is 0. The summed E-state index contributed by atoms with van der Waals surface area (Å²) in [4.78, 5) is 0. The molecule has 0 aromatic heterocycles. The molecule has 2 aliphatic rings. The lowest BCUT2D eigenvalue weighted by Gasteiger charge is -2.25. The molecule has 78 valence electrons. The Morgan fingerprint density at radius 1 is 1.53 bits per heavy atom. The minimum atomic E-state index is -0.547. The summed E-state index contributed by atoms with van der Waals surface area (Å²) in [6.07, 6.45) is 5.13. The zero-order valence-electron chi connectivity index (χ0n) is 8.35. The normalized spacial score (nSPS) is 36.4. The van der Waals surface area contributed by atoms with Gasteiger partial charge in [0.05, 0.1) is 43.8 Å². The maximum Gasteiger partial charge on any atom is 0.126 e. The Morgan fingerprint density at radius 2 is 2.40 bits per heavy atom. The number of nitrogens with zero attached hydrogens (tertiary/aromatic N) is 2. The summed E-state index contributed by atoms with van der Waals surface area (Å²) in [7, 11) is 0. The van der Waals surface area contributed by atoms with E-state index in [1.165, 1.54) is 0 Å². The second kappa shape index (κ2) is 4.02. The Balaban J connectivity index is 1.92. The standard InChI is InChI=1S/C11H12N2O2/c12-4-1-5-14-8-11-3-2-10(15-11)6-9(11)7-13/h2-3,9-10H,1,5-6,8H2. The summed E-state index contributed by atoms with van der Waals surface area (Å²) in [6.45, 7) is 0.776. The fourth-order valence-electron chi connectivity index (χ4n) is 2.08.